The molecule has 0 spiro atoms. The van der Waals surface area contributed by atoms with E-state index in [1.807, 2.05) is 25.1 Å². The Labute approximate surface area is 296 Å². The van der Waals surface area contributed by atoms with Crippen molar-refractivity contribution in [2.24, 2.45) is 17.8 Å². The number of aryl methyl sites for hydroxylation is 1. The number of β-amino-alcohol motifs (C(OH)–C–C–N with tert-alkyl or cyclic N) is 1. The van der Waals surface area contributed by atoms with Gasteiger partial charge in [-0.05, 0) is 111 Å². The Bertz CT molecular complexity index is 1740. The van der Waals surface area contributed by atoms with Gasteiger partial charge in [0.15, 0.2) is 9.84 Å². The van der Waals surface area contributed by atoms with E-state index in [0.717, 1.165) is 48.9 Å². The normalized spacial score (nSPS) is 31.1. The number of sulfonamides is 1. The SMILES string of the molecule is C[C@@H]1[C@@H](C)CCC[C@@](O)(CN2CCS(=O)(=O)CC2)[C@@H]2CC[C@H]2CN2CCCCc3cc(Cl)ccc3COc3ccc(cc32)C(=O)NS1(=O)=O. The van der Waals surface area contributed by atoms with Crippen LogP contribution in [0, 0.1) is 17.8 Å². The van der Waals surface area contributed by atoms with E-state index in [4.69, 9.17) is 16.3 Å². The number of carbonyl (C=O) groups is 1. The monoisotopic (exact) mass is 735 g/mol. The predicted molar refractivity (Wildman–Crippen MR) is 192 cm³/mol. The summed E-state index contributed by atoms with van der Waals surface area (Å²) in [4.78, 5) is 17.8. The van der Waals surface area contributed by atoms with Crippen LogP contribution in [0.1, 0.15) is 80.3 Å². The van der Waals surface area contributed by atoms with Crippen molar-refractivity contribution in [1.29, 1.82) is 0 Å². The number of sulfone groups is 1. The van der Waals surface area contributed by atoms with Crippen LogP contribution in [0.15, 0.2) is 36.4 Å². The van der Waals surface area contributed by atoms with Crippen molar-refractivity contribution >= 4 is 43.1 Å². The van der Waals surface area contributed by atoms with Crippen LogP contribution in [0.2, 0.25) is 5.02 Å². The third kappa shape index (κ3) is 8.41. The molecule has 3 aliphatic heterocycles. The van der Waals surface area contributed by atoms with E-state index in [0.29, 0.717) is 69.4 Å². The lowest BCUT2D eigenvalue weighted by Gasteiger charge is -2.51. The Morgan fingerprint density at radius 2 is 1.73 bits per heavy atom. The van der Waals surface area contributed by atoms with Crippen LogP contribution in [0.4, 0.5) is 5.69 Å². The Balaban J connectivity index is 1.36. The Kier molecular flexibility index (Phi) is 10.9. The summed E-state index contributed by atoms with van der Waals surface area (Å²) in [5, 5.41) is 12.4. The molecule has 1 amide bonds. The molecule has 2 aromatic carbocycles. The van der Waals surface area contributed by atoms with Crippen LogP contribution in [-0.2, 0) is 32.9 Å². The lowest BCUT2D eigenvalue weighted by molar-refractivity contribution is -0.105. The van der Waals surface area contributed by atoms with Crippen LogP contribution in [0.5, 0.6) is 5.75 Å². The second-order valence-corrected chi connectivity index (χ2v) is 19.6. The zero-order valence-electron chi connectivity index (χ0n) is 28.6. The topological polar surface area (TPSA) is 133 Å². The van der Waals surface area contributed by atoms with Gasteiger partial charge in [0.2, 0.25) is 10.0 Å². The minimum Gasteiger partial charge on any atom is -0.487 e. The van der Waals surface area contributed by atoms with Crippen LogP contribution >= 0.6 is 11.6 Å². The van der Waals surface area contributed by atoms with Crippen molar-refractivity contribution in [1.82, 2.24) is 9.62 Å². The number of fused-ring (bicyclic) bond motifs is 3. The van der Waals surface area contributed by atoms with Gasteiger partial charge in [-0.3, -0.25) is 9.69 Å². The maximum atomic E-state index is 13.5. The van der Waals surface area contributed by atoms with E-state index < -0.39 is 36.6 Å². The van der Waals surface area contributed by atoms with Crippen molar-refractivity contribution in [3.8, 4) is 5.75 Å². The summed E-state index contributed by atoms with van der Waals surface area (Å²) in [6, 6.07) is 11.0. The van der Waals surface area contributed by atoms with Crippen LogP contribution in [0.3, 0.4) is 0 Å². The molecule has 13 heteroatoms. The summed E-state index contributed by atoms with van der Waals surface area (Å²) in [5.74, 6) is 0.0456. The molecule has 1 aliphatic carbocycles. The fraction of sp³-hybridized carbons (Fsp3) is 0.639. The Morgan fingerprint density at radius 3 is 2.47 bits per heavy atom. The van der Waals surface area contributed by atoms with Crippen LogP contribution < -0.4 is 14.4 Å². The molecule has 3 heterocycles. The first-order valence-corrected chi connectivity index (χ1v) is 21.5. The van der Waals surface area contributed by atoms with Gasteiger partial charge >= 0.3 is 0 Å². The van der Waals surface area contributed by atoms with Crippen LogP contribution in [0.25, 0.3) is 0 Å². The molecule has 10 nitrogen and oxygen atoms in total. The van der Waals surface area contributed by atoms with Gasteiger partial charge in [-0.25, -0.2) is 21.6 Å². The fourth-order valence-corrected chi connectivity index (χ4v) is 10.9. The standard InChI is InChI=1S/C36H50ClN3O7S2/c1-25-6-5-14-36(42,24-39-16-18-48(43,44)19-17-39)32-12-9-29(32)22-40-15-4-3-7-27-20-31(37)11-8-30(27)23-47-34-13-10-28(21-33(34)40)35(41)38-49(45,46)26(25)2/h8,10-11,13,20-21,25-26,29,32,42H,3-7,9,12,14-19,22-24H2,1-2H3,(H,38,41)/t25-,26+,29-,32+,36+/m0/s1. The van der Waals surface area contributed by atoms with Crippen molar-refractivity contribution in [3.05, 3.63) is 58.1 Å². The minimum absolute atomic E-state index is 0.00386. The van der Waals surface area contributed by atoms with E-state index >= 15 is 0 Å². The third-order valence-corrected chi connectivity index (χ3v) is 15.3. The smallest absolute Gasteiger partial charge is 0.264 e. The van der Waals surface area contributed by atoms with Gasteiger partial charge in [-0.2, -0.15) is 0 Å². The maximum Gasteiger partial charge on any atom is 0.264 e. The lowest BCUT2D eigenvalue weighted by atomic mass is 9.62. The van der Waals surface area contributed by atoms with Crippen molar-refractivity contribution < 1.29 is 31.5 Å². The highest BCUT2D eigenvalue weighted by molar-refractivity contribution is 7.91. The molecule has 2 aromatic rings. The number of hydrogen-bond donors (Lipinski definition) is 2. The number of nitrogens with zero attached hydrogens (tertiary/aromatic N) is 2. The maximum absolute atomic E-state index is 13.5. The Hall–Kier alpha value is -2.38. The van der Waals surface area contributed by atoms with Crippen LogP contribution in [-0.4, -0.2) is 87.8 Å². The van der Waals surface area contributed by atoms with E-state index in [9.17, 15) is 26.7 Å². The number of carbonyl (C=O) groups excluding carboxylic acids is 1. The fourth-order valence-electron chi connectivity index (χ4n) is 8.09. The molecular formula is C36H50ClN3O7S2. The Morgan fingerprint density at radius 1 is 0.959 bits per heavy atom. The van der Waals surface area contributed by atoms with Gasteiger partial charge in [0.1, 0.15) is 12.4 Å². The highest BCUT2D eigenvalue weighted by Crippen LogP contribution is 2.46. The largest absolute Gasteiger partial charge is 0.487 e. The van der Waals surface area contributed by atoms with Gasteiger partial charge in [0.25, 0.3) is 5.91 Å². The van der Waals surface area contributed by atoms with Crippen molar-refractivity contribution in [2.75, 3.05) is 49.1 Å². The molecule has 1 saturated heterocycles. The average molecular weight is 736 g/mol. The number of nitrogens with one attached hydrogen (secondary N) is 1. The summed E-state index contributed by atoms with van der Waals surface area (Å²) in [7, 11) is -7.05. The number of benzene rings is 2. The first kappa shape index (κ1) is 36.4. The molecule has 5 atom stereocenters. The molecule has 0 radical (unpaired) electrons. The molecule has 0 aromatic heterocycles. The number of rotatable bonds is 2. The average Bonchev–Trinajstić information content (AvgIpc) is 3.06. The zero-order valence-corrected chi connectivity index (χ0v) is 31.0. The van der Waals surface area contributed by atoms with Gasteiger partial charge in [0, 0.05) is 43.3 Å². The van der Waals surface area contributed by atoms with Gasteiger partial charge in [-0.15, -0.1) is 0 Å². The van der Waals surface area contributed by atoms with Gasteiger partial charge in [0.05, 0.1) is 28.0 Å². The first-order chi connectivity index (χ1) is 23.2. The predicted octanol–water partition coefficient (Wildman–Crippen LogP) is 4.82. The van der Waals surface area contributed by atoms with Crippen molar-refractivity contribution in [2.45, 2.75) is 82.7 Å². The molecule has 1 saturated carbocycles. The van der Waals surface area contributed by atoms with E-state index in [1.54, 1.807) is 25.1 Å². The highest BCUT2D eigenvalue weighted by atomic mass is 35.5. The number of anilines is 1. The molecule has 2 bridgehead atoms. The van der Waals surface area contributed by atoms with Gasteiger partial charge < -0.3 is 14.7 Å². The molecule has 2 N–H and O–H groups in total. The number of hydrogen-bond acceptors (Lipinski definition) is 9. The molecule has 4 aliphatic rings. The number of ether oxygens (including phenoxy) is 1. The minimum atomic E-state index is -3.99. The molecule has 270 valence electrons. The van der Waals surface area contributed by atoms with E-state index in [2.05, 4.69) is 14.5 Å². The summed E-state index contributed by atoms with van der Waals surface area (Å²) in [5.41, 5.74) is 2.11. The molecule has 49 heavy (non-hydrogen) atoms. The molecule has 2 fully saturated rings. The number of halogens is 1. The van der Waals surface area contributed by atoms with E-state index in [1.165, 1.54) is 0 Å². The quantitative estimate of drug-likeness (QED) is 0.446. The van der Waals surface area contributed by atoms with Gasteiger partial charge in [-0.1, -0.05) is 31.0 Å². The molecular weight excluding hydrogens is 686 g/mol. The number of aliphatic hydroxyl groups is 1. The zero-order chi connectivity index (χ0) is 35.0. The summed E-state index contributed by atoms with van der Waals surface area (Å²) in [6.45, 7) is 6.36. The van der Waals surface area contributed by atoms with Crippen molar-refractivity contribution in [3.63, 3.8) is 0 Å². The summed E-state index contributed by atoms with van der Waals surface area (Å²) >= 11 is 6.35. The summed E-state index contributed by atoms with van der Waals surface area (Å²) < 4.78 is 60.0. The second-order valence-electron chi connectivity index (χ2n) is 14.8. The second kappa shape index (κ2) is 14.7. The number of amides is 1. The molecule has 6 rings (SSSR count). The third-order valence-electron chi connectivity index (χ3n) is 11.5. The molecule has 0 unspecified atom stereocenters. The highest BCUT2D eigenvalue weighted by Gasteiger charge is 2.48. The first-order valence-electron chi connectivity index (χ1n) is 17.7. The summed E-state index contributed by atoms with van der Waals surface area (Å²) in [6.07, 6.45) is 6.13. The van der Waals surface area contributed by atoms with E-state index in [-0.39, 0.29) is 34.8 Å². The lowest BCUT2D eigenvalue weighted by Crippen LogP contribution is -2.57.